The van der Waals surface area contributed by atoms with Gasteiger partial charge in [0, 0.05) is 35.5 Å². The average molecular weight is 308 g/mol. The zero-order valence-electron chi connectivity index (χ0n) is 10.7. The maximum absolute atomic E-state index is 12.1. The van der Waals surface area contributed by atoms with Crippen LogP contribution >= 0.6 is 23.1 Å². The fourth-order valence-corrected chi connectivity index (χ4v) is 3.69. The van der Waals surface area contributed by atoms with Gasteiger partial charge >= 0.3 is 0 Å². The van der Waals surface area contributed by atoms with Crippen molar-refractivity contribution in [2.75, 3.05) is 11.1 Å². The summed E-state index contributed by atoms with van der Waals surface area (Å²) in [5.41, 5.74) is 0.536. The van der Waals surface area contributed by atoms with Crippen LogP contribution in [-0.4, -0.2) is 26.2 Å². The minimum Gasteiger partial charge on any atom is -0.302 e. The molecule has 0 aliphatic carbocycles. The molecular weight excluding hydrogens is 296 g/mol. The van der Waals surface area contributed by atoms with E-state index in [1.165, 1.54) is 23.1 Å². The molecule has 1 N–H and O–H groups in total. The number of rotatable bonds is 3. The van der Waals surface area contributed by atoms with Gasteiger partial charge in [0.15, 0.2) is 10.3 Å². The number of amides is 1. The first-order valence-corrected chi connectivity index (χ1v) is 7.92. The van der Waals surface area contributed by atoms with Crippen molar-refractivity contribution in [1.82, 2.24) is 14.5 Å². The summed E-state index contributed by atoms with van der Waals surface area (Å²) in [6, 6.07) is -0.144. The molecule has 1 aliphatic heterocycles. The third-order valence-corrected chi connectivity index (χ3v) is 4.80. The number of anilines is 1. The second-order valence-electron chi connectivity index (χ2n) is 4.45. The summed E-state index contributed by atoms with van der Waals surface area (Å²) in [6.07, 6.45) is 3.47. The number of carbonyl (C=O) groups is 1. The van der Waals surface area contributed by atoms with E-state index in [-0.39, 0.29) is 23.9 Å². The van der Waals surface area contributed by atoms with Gasteiger partial charge in [0.25, 0.3) is 5.56 Å². The average Bonchev–Trinajstić information content (AvgIpc) is 3.04. The lowest BCUT2D eigenvalue weighted by Crippen LogP contribution is -2.28. The number of hydrogen-bond donors (Lipinski definition) is 1. The van der Waals surface area contributed by atoms with Gasteiger partial charge in [-0.25, -0.2) is 9.97 Å². The van der Waals surface area contributed by atoms with Crippen LogP contribution in [0.15, 0.2) is 27.7 Å². The third kappa shape index (κ3) is 2.48. The number of hydrogen-bond acceptors (Lipinski definition) is 6. The molecule has 2 aromatic rings. The van der Waals surface area contributed by atoms with Crippen LogP contribution in [0.2, 0.25) is 0 Å². The molecule has 3 rings (SSSR count). The molecule has 0 saturated heterocycles. The second-order valence-corrected chi connectivity index (χ2v) is 6.34. The molecule has 6 nitrogen and oxygen atoms in total. The van der Waals surface area contributed by atoms with Crippen molar-refractivity contribution in [3.8, 4) is 0 Å². The van der Waals surface area contributed by atoms with Gasteiger partial charge in [-0.05, 0) is 6.92 Å². The van der Waals surface area contributed by atoms with Crippen LogP contribution in [0.5, 0.6) is 0 Å². The van der Waals surface area contributed by atoms with Crippen LogP contribution in [0.25, 0.3) is 0 Å². The van der Waals surface area contributed by atoms with Gasteiger partial charge in [0.05, 0.1) is 6.04 Å². The van der Waals surface area contributed by atoms with Gasteiger partial charge in [-0.3, -0.25) is 14.2 Å². The summed E-state index contributed by atoms with van der Waals surface area (Å²) in [4.78, 5) is 32.4. The molecule has 1 atom stereocenters. The van der Waals surface area contributed by atoms with Crippen LogP contribution in [0.3, 0.4) is 0 Å². The maximum Gasteiger partial charge on any atom is 0.257 e. The normalized spacial score (nSPS) is 16.9. The summed E-state index contributed by atoms with van der Waals surface area (Å²) in [6.45, 7) is 1.73. The lowest BCUT2D eigenvalue weighted by molar-refractivity contribution is -0.116. The van der Waals surface area contributed by atoms with Gasteiger partial charge in [0.2, 0.25) is 5.91 Å². The molecule has 0 bridgehead atoms. The largest absolute Gasteiger partial charge is 0.302 e. The van der Waals surface area contributed by atoms with Gasteiger partial charge in [-0.1, -0.05) is 11.8 Å². The molecule has 20 heavy (non-hydrogen) atoms. The molecule has 8 heteroatoms. The number of nitrogens with zero attached hydrogens (tertiary/aromatic N) is 3. The molecule has 0 spiro atoms. The molecule has 0 fully saturated rings. The van der Waals surface area contributed by atoms with E-state index in [0.29, 0.717) is 21.6 Å². The molecule has 0 saturated carbocycles. The quantitative estimate of drug-likeness (QED) is 0.873. The Kier molecular flexibility index (Phi) is 3.58. The van der Waals surface area contributed by atoms with E-state index < -0.39 is 0 Å². The monoisotopic (exact) mass is 308 g/mol. The Labute approximate surface area is 123 Å². The van der Waals surface area contributed by atoms with Crippen LogP contribution < -0.4 is 10.9 Å². The van der Waals surface area contributed by atoms with Crippen LogP contribution in [0, 0.1) is 6.92 Å². The molecule has 0 unspecified atom stereocenters. The van der Waals surface area contributed by atoms with Crippen LogP contribution in [0.1, 0.15) is 18.0 Å². The highest BCUT2D eigenvalue weighted by Crippen LogP contribution is 2.32. The third-order valence-electron chi connectivity index (χ3n) is 3.00. The van der Waals surface area contributed by atoms with Crippen molar-refractivity contribution < 1.29 is 4.79 Å². The maximum atomic E-state index is 12.1. The molecule has 2 aromatic heterocycles. The summed E-state index contributed by atoms with van der Waals surface area (Å²) in [5.74, 6) is 0.559. The SMILES string of the molecule is Cc1cnc2n(c1=O)[C@@H](CC(=O)Nc1nccs1)CS2. The Morgan fingerprint density at radius 1 is 1.55 bits per heavy atom. The number of fused-ring (bicyclic) bond motifs is 1. The number of aryl methyl sites for hydroxylation is 1. The van der Waals surface area contributed by atoms with Crippen molar-refractivity contribution in [2.45, 2.75) is 24.5 Å². The highest BCUT2D eigenvalue weighted by molar-refractivity contribution is 7.99. The molecular formula is C12H12N4O2S2. The van der Waals surface area contributed by atoms with E-state index >= 15 is 0 Å². The number of thioether (sulfide) groups is 1. The number of carbonyl (C=O) groups excluding carboxylic acids is 1. The van der Waals surface area contributed by atoms with E-state index in [0.717, 1.165) is 0 Å². The zero-order chi connectivity index (χ0) is 14.1. The first kappa shape index (κ1) is 13.3. The molecule has 0 aromatic carbocycles. The molecule has 104 valence electrons. The first-order chi connectivity index (χ1) is 9.65. The number of aromatic nitrogens is 3. The van der Waals surface area contributed by atoms with E-state index in [1.54, 1.807) is 29.3 Å². The molecule has 3 heterocycles. The predicted molar refractivity (Wildman–Crippen MR) is 78.4 cm³/mol. The lowest BCUT2D eigenvalue weighted by atomic mass is 10.2. The molecule has 1 amide bonds. The number of nitrogens with one attached hydrogen (secondary N) is 1. The lowest BCUT2D eigenvalue weighted by Gasteiger charge is -2.12. The highest BCUT2D eigenvalue weighted by atomic mass is 32.2. The van der Waals surface area contributed by atoms with Crippen LogP contribution in [-0.2, 0) is 4.79 Å². The smallest absolute Gasteiger partial charge is 0.257 e. The highest BCUT2D eigenvalue weighted by Gasteiger charge is 2.27. The van der Waals surface area contributed by atoms with E-state index in [4.69, 9.17) is 0 Å². The van der Waals surface area contributed by atoms with Crippen molar-refractivity contribution in [3.63, 3.8) is 0 Å². The predicted octanol–water partition coefficient (Wildman–Crippen LogP) is 1.68. The van der Waals surface area contributed by atoms with Gasteiger partial charge in [0.1, 0.15) is 0 Å². The topological polar surface area (TPSA) is 76.9 Å². The Bertz CT molecular complexity index is 696. The standard InChI is InChI=1S/C12H12N4O2S2/c1-7-5-14-12-16(10(7)18)8(6-20-12)4-9(17)15-11-13-2-3-19-11/h2-3,5,8H,4,6H2,1H3,(H,13,15,17)/t8-/m0/s1. The summed E-state index contributed by atoms with van der Waals surface area (Å²) in [7, 11) is 0. The minimum absolute atomic E-state index is 0.0629. The van der Waals surface area contributed by atoms with E-state index in [1.807, 2.05) is 0 Å². The number of thiazole rings is 1. The molecule has 1 aliphatic rings. The second kappa shape index (κ2) is 5.37. The van der Waals surface area contributed by atoms with Gasteiger partial charge in [-0.2, -0.15) is 0 Å². The molecule has 0 radical (unpaired) electrons. The van der Waals surface area contributed by atoms with E-state index in [2.05, 4.69) is 15.3 Å². The summed E-state index contributed by atoms with van der Waals surface area (Å²) in [5, 5.41) is 5.80. The van der Waals surface area contributed by atoms with Crippen molar-refractivity contribution in [2.24, 2.45) is 0 Å². The van der Waals surface area contributed by atoms with Gasteiger partial charge < -0.3 is 5.32 Å². The van der Waals surface area contributed by atoms with Crippen LogP contribution in [0.4, 0.5) is 5.13 Å². The Hall–Kier alpha value is -1.67. The minimum atomic E-state index is -0.144. The van der Waals surface area contributed by atoms with Gasteiger partial charge in [-0.15, -0.1) is 11.3 Å². The van der Waals surface area contributed by atoms with E-state index in [9.17, 15) is 9.59 Å². The first-order valence-electron chi connectivity index (χ1n) is 6.05. The Morgan fingerprint density at radius 2 is 2.40 bits per heavy atom. The fourth-order valence-electron chi connectivity index (χ4n) is 2.04. The van der Waals surface area contributed by atoms with Crippen molar-refractivity contribution >= 4 is 34.1 Å². The fraction of sp³-hybridized carbons (Fsp3) is 0.333. The summed E-state index contributed by atoms with van der Waals surface area (Å²) >= 11 is 2.88. The Morgan fingerprint density at radius 3 is 3.15 bits per heavy atom. The zero-order valence-corrected chi connectivity index (χ0v) is 12.3. The van der Waals surface area contributed by atoms with Crippen molar-refractivity contribution in [1.29, 1.82) is 0 Å². The summed E-state index contributed by atoms with van der Waals surface area (Å²) < 4.78 is 1.63. The Balaban J connectivity index is 1.77. The van der Waals surface area contributed by atoms with Crippen molar-refractivity contribution in [3.05, 3.63) is 33.7 Å².